The maximum atomic E-state index is 12.3. The quantitative estimate of drug-likeness (QED) is 0.622. The van der Waals surface area contributed by atoms with Gasteiger partial charge < -0.3 is 19.4 Å². The zero-order valence-corrected chi connectivity index (χ0v) is 17.2. The van der Waals surface area contributed by atoms with Gasteiger partial charge >= 0.3 is 0 Å². The molecule has 9 nitrogen and oxygen atoms in total. The number of amides is 2. The number of rotatable bonds is 6. The van der Waals surface area contributed by atoms with Gasteiger partial charge in [-0.2, -0.15) is 0 Å². The summed E-state index contributed by atoms with van der Waals surface area (Å²) in [5.74, 6) is 0.499. The summed E-state index contributed by atoms with van der Waals surface area (Å²) in [6.07, 6.45) is 3.29. The van der Waals surface area contributed by atoms with E-state index in [1.165, 1.54) is 17.6 Å². The van der Waals surface area contributed by atoms with Crippen molar-refractivity contribution in [2.75, 3.05) is 41.8 Å². The summed E-state index contributed by atoms with van der Waals surface area (Å²) >= 11 is 1.26. The Kier molecular flexibility index (Phi) is 6.05. The fourth-order valence-corrected chi connectivity index (χ4v) is 3.76. The number of nitrogens with zero attached hydrogens (tertiary/aromatic N) is 3. The SMILES string of the molecule is Cc1occc1C(=O)Nc1nc(CC(=O)Nc2ccc(N3CCOCC3)cn2)cs1. The molecular weight excluding hydrogens is 406 g/mol. The van der Waals surface area contributed by atoms with Crippen LogP contribution >= 0.6 is 11.3 Å². The van der Waals surface area contributed by atoms with Crippen LogP contribution in [0, 0.1) is 6.92 Å². The number of pyridine rings is 1. The van der Waals surface area contributed by atoms with Gasteiger partial charge in [-0.1, -0.05) is 0 Å². The summed E-state index contributed by atoms with van der Waals surface area (Å²) in [4.78, 5) is 35.3. The van der Waals surface area contributed by atoms with Crippen molar-refractivity contribution in [3.05, 3.63) is 53.1 Å². The molecule has 2 amide bonds. The van der Waals surface area contributed by atoms with Gasteiger partial charge in [0.15, 0.2) is 5.13 Å². The molecule has 2 N–H and O–H groups in total. The second-order valence-electron chi connectivity index (χ2n) is 6.71. The van der Waals surface area contributed by atoms with Crippen LogP contribution in [0.15, 0.2) is 40.5 Å². The summed E-state index contributed by atoms with van der Waals surface area (Å²) in [5, 5.41) is 7.66. The molecule has 0 spiro atoms. The zero-order chi connectivity index (χ0) is 20.9. The Morgan fingerprint density at radius 2 is 2.03 bits per heavy atom. The lowest BCUT2D eigenvalue weighted by atomic mass is 10.2. The first-order chi connectivity index (χ1) is 14.6. The zero-order valence-electron chi connectivity index (χ0n) is 16.4. The number of hydrogen-bond acceptors (Lipinski definition) is 8. The Bertz CT molecular complexity index is 1020. The average Bonchev–Trinajstić information content (AvgIpc) is 3.37. The molecule has 4 heterocycles. The van der Waals surface area contributed by atoms with Crippen molar-refractivity contribution in [1.82, 2.24) is 9.97 Å². The highest BCUT2D eigenvalue weighted by atomic mass is 32.1. The number of anilines is 3. The topological polar surface area (TPSA) is 110 Å². The van der Waals surface area contributed by atoms with Crippen LogP contribution < -0.4 is 15.5 Å². The van der Waals surface area contributed by atoms with E-state index in [2.05, 4.69) is 25.5 Å². The van der Waals surface area contributed by atoms with Gasteiger partial charge in [0, 0.05) is 18.5 Å². The molecule has 0 radical (unpaired) electrons. The molecule has 0 atom stereocenters. The van der Waals surface area contributed by atoms with Crippen LogP contribution in [0.4, 0.5) is 16.6 Å². The number of hydrogen-bond donors (Lipinski definition) is 2. The van der Waals surface area contributed by atoms with Gasteiger partial charge in [-0.05, 0) is 25.1 Å². The average molecular weight is 427 g/mol. The molecule has 0 bridgehead atoms. The maximum absolute atomic E-state index is 12.3. The van der Waals surface area contributed by atoms with Gasteiger partial charge in [-0.15, -0.1) is 11.3 Å². The number of furan rings is 1. The van der Waals surface area contributed by atoms with E-state index in [0.29, 0.717) is 41.2 Å². The van der Waals surface area contributed by atoms with Crippen molar-refractivity contribution in [1.29, 1.82) is 0 Å². The number of ether oxygens (including phenoxy) is 1. The molecule has 0 unspecified atom stereocenters. The molecule has 3 aromatic rings. The molecule has 10 heteroatoms. The lowest BCUT2D eigenvalue weighted by molar-refractivity contribution is -0.115. The predicted molar refractivity (Wildman–Crippen MR) is 113 cm³/mol. The molecule has 0 aromatic carbocycles. The minimum Gasteiger partial charge on any atom is -0.469 e. The number of aryl methyl sites for hydroxylation is 1. The molecule has 1 aliphatic heterocycles. The Labute approximate surface area is 177 Å². The molecule has 3 aromatic heterocycles. The van der Waals surface area contributed by atoms with Crippen LogP contribution in [0.1, 0.15) is 21.8 Å². The third kappa shape index (κ3) is 4.84. The van der Waals surface area contributed by atoms with Gasteiger partial charge in [0.2, 0.25) is 5.91 Å². The first-order valence-electron chi connectivity index (χ1n) is 9.47. The van der Waals surface area contributed by atoms with Crippen molar-refractivity contribution < 1.29 is 18.7 Å². The van der Waals surface area contributed by atoms with E-state index in [0.717, 1.165) is 18.8 Å². The highest BCUT2D eigenvalue weighted by molar-refractivity contribution is 7.14. The first kappa shape index (κ1) is 20.0. The molecule has 1 fully saturated rings. The van der Waals surface area contributed by atoms with Crippen molar-refractivity contribution >= 4 is 39.8 Å². The van der Waals surface area contributed by atoms with Crippen molar-refractivity contribution in [3.63, 3.8) is 0 Å². The third-order valence-electron chi connectivity index (χ3n) is 4.61. The van der Waals surface area contributed by atoms with Crippen molar-refractivity contribution in [2.24, 2.45) is 0 Å². The van der Waals surface area contributed by atoms with Crippen LogP contribution in [-0.4, -0.2) is 48.1 Å². The number of thiazole rings is 1. The Morgan fingerprint density at radius 3 is 2.73 bits per heavy atom. The summed E-state index contributed by atoms with van der Waals surface area (Å²) in [5.41, 5.74) is 2.03. The third-order valence-corrected chi connectivity index (χ3v) is 5.42. The second kappa shape index (κ2) is 9.06. The Hall–Kier alpha value is -3.24. The van der Waals surface area contributed by atoms with Crippen LogP contribution in [0.2, 0.25) is 0 Å². The van der Waals surface area contributed by atoms with Crippen LogP contribution in [0.5, 0.6) is 0 Å². The summed E-state index contributed by atoms with van der Waals surface area (Å²) < 4.78 is 10.5. The fourth-order valence-electron chi connectivity index (χ4n) is 3.05. The minimum atomic E-state index is -0.295. The smallest absolute Gasteiger partial charge is 0.260 e. The molecule has 4 rings (SSSR count). The van der Waals surface area contributed by atoms with E-state index in [-0.39, 0.29) is 18.2 Å². The summed E-state index contributed by atoms with van der Waals surface area (Å²) in [6, 6.07) is 5.31. The monoisotopic (exact) mass is 427 g/mol. The number of morpholine rings is 1. The van der Waals surface area contributed by atoms with Gasteiger partial charge in [-0.25, -0.2) is 9.97 Å². The lowest BCUT2D eigenvalue weighted by Crippen LogP contribution is -2.36. The van der Waals surface area contributed by atoms with E-state index in [9.17, 15) is 9.59 Å². The van der Waals surface area contributed by atoms with Crippen LogP contribution in [0.25, 0.3) is 0 Å². The van der Waals surface area contributed by atoms with Crippen molar-refractivity contribution in [3.8, 4) is 0 Å². The van der Waals surface area contributed by atoms with E-state index >= 15 is 0 Å². The molecule has 156 valence electrons. The fraction of sp³-hybridized carbons (Fsp3) is 0.300. The van der Waals surface area contributed by atoms with E-state index in [1.807, 2.05) is 6.07 Å². The first-order valence-corrected chi connectivity index (χ1v) is 10.3. The van der Waals surface area contributed by atoms with Crippen LogP contribution in [0.3, 0.4) is 0 Å². The van der Waals surface area contributed by atoms with Gasteiger partial charge in [0.05, 0.1) is 49.0 Å². The van der Waals surface area contributed by atoms with E-state index < -0.39 is 0 Å². The maximum Gasteiger partial charge on any atom is 0.260 e. The van der Waals surface area contributed by atoms with E-state index in [1.54, 1.807) is 30.6 Å². The Morgan fingerprint density at radius 1 is 1.20 bits per heavy atom. The summed E-state index contributed by atoms with van der Waals surface area (Å²) in [7, 11) is 0. The number of aromatic nitrogens is 2. The molecule has 0 aliphatic carbocycles. The van der Waals surface area contributed by atoms with Crippen LogP contribution in [-0.2, 0) is 16.0 Å². The molecule has 30 heavy (non-hydrogen) atoms. The van der Waals surface area contributed by atoms with E-state index in [4.69, 9.17) is 9.15 Å². The summed E-state index contributed by atoms with van der Waals surface area (Å²) in [6.45, 7) is 4.78. The number of carbonyl (C=O) groups is 2. The molecule has 0 saturated carbocycles. The number of nitrogens with one attached hydrogen (secondary N) is 2. The molecule has 1 aliphatic rings. The minimum absolute atomic E-state index is 0.0873. The van der Waals surface area contributed by atoms with Gasteiger partial charge in [0.25, 0.3) is 5.91 Å². The number of carbonyl (C=O) groups excluding carboxylic acids is 2. The van der Waals surface area contributed by atoms with Crippen molar-refractivity contribution in [2.45, 2.75) is 13.3 Å². The lowest BCUT2D eigenvalue weighted by Gasteiger charge is -2.28. The Balaban J connectivity index is 1.30. The standard InChI is InChI=1S/C20H21N5O4S/c1-13-16(4-7-29-13)19(27)24-20-22-14(12-30-20)10-18(26)23-17-3-2-15(11-21-17)25-5-8-28-9-6-25/h2-4,7,11-12H,5-6,8-10H2,1H3,(H,21,23,26)(H,22,24,27). The normalized spacial score (nSPS) is 13.8. The molecule has 1 saturated heterocycles. The molecular formula is C20H21N5O4S. The highest BCUT2D eigenvalue weighted by Crippen LogP contribution is 2.19. The second-order valence-corrected chi connectivity index (χ2v) is 7.57. The van der Waals surface area contributed by atoms with Gasteiger partial charge in [0.1, 0.15) is 11.6 Å². The predicted octanol–water partition coefficient (Wildman–Crippen LogP) is 2.71. The largest absolute Gasteiger partial charge is 0.469 e. The highest BCUT2D eigenvalue weighted by Gasteiger charge is 2.15. The van der Waals surface area contributed by atoms with Gasteiger partial charge in [-0.3, -0.25) is 14.9 Å².